The smallest absolute Gasteiger partial charge is 0.329 e. The molecule has 2 N–H and O–H groups in total. The van der Waals surface area contributed by atoms with Crippen LogP contribution in [0.2, 0.25) is 0 Å². The number of rotatable bonds is 8. The highest BCUT2D eigenvalue weighted by molar-refractivity contribution is 14.1. The molecule has 3 rings (SSSR count). The summed E-state index contributed by atoms with van der Waals surface area (Å²) in [7, 11) is 1.43. The standard InChI is InChI=1S/C20H16IN3O8/c1-31-16-8-12(7-15-19(27)23(9-17(25)26)20(28)22-15)6-14(21)18(16)32-10-11-3-2-4-13(5-11)24(29)30/h2-8H,9-10H2,1H3,(H,22,28)(H,25,26)/b15-7+. The number of imide groups is 1. The molecule has 32 heavy (non-hydrogen) atoms. The van der Waals surface area contributed by atoms with Crippen LogP contribution in [0.5, 0.6) is 11.5 Å². The molecule has 1 heterocycles. The van der Waals surface area contributed by atoms with Gasteiger partial charge in [-0.3, -0.25) is 19.7 Å². The van der Waals surface area contributed by atoms with Gasteiger partial charge in [0.25, 0.3) is 11.6 Å². The van der Waals surface area contributed by atoms with Crippen LogP contribution in [0.25, 0.3) is 6.08 Å². The van der Waals surface area contributed by atoms with Crippen molar-refractivity contribution in [3.63, 3.8) is 0 Å². The average molecular weight is 553 g/mol. The van der Waals surface area contributed by atoms with Crippen molar-refractivity contribution < 1.29 is 33.9 Å². The first-order chi connectivity index (χ1) is 15.2. The number of non-ortho nitro benzene ring substituents is 1. The number of nitro benzene ring substituents is 1. The minimum absolute atomic E-state index is 0.0463. The van der Waals surface area contributed by atoms with Crippen LogP contribution in [0.15, 0.2) is 42.1 Å². The van der Waals surface area contributed by atoms with Gasteiger partial charge in [-0.1, -0.05) is 12.1 Å². The normalized spacial score (nSPS) is 14.4. The van der Waals surface area contributed by atoms with Crippen molar-refractivity contribution in [2.45, 2.75) is 6.61 Å². The molecule has 0 bridgehead atoms. The SMILES string of the molecule is COc1cc(/C=C2/NC(=O)N(CC(=O)O)C2=O)cc(I)c1OCc1cccc([N+](=O)[O-])c1. The number of carboxylic acid groups (broad SMARTS) is 1. The highest BCUT2D eigenvalue weighted by Gasteiger charge is 2.34. The number of amides is 3. The summed E-state index contributed by atoms with van der Waals surface area (Å²) >= 11 is 2.01. The molecular formula is C20H16IN3O8. The Labute approximate surface area is 194 Å². The van der Waals surface area contributed by atoms with Crippen LogP contribution in [0, 0.1) is 13.7 Å². The van der Waals surface area contributed by atoms with Crippen molar-refractivity contribution in [3.05, 3.63) is 66.9 Å². The average Bonchev–Trinajstić information content (AvgIpc) is 2.99. The molecule has 2 aromatic rings. The van der Waals surface area contributed by atoms with E-state index in [-0.39, 0.29) is 18.0 Å². The molecule has 0 saturated carbocycles. The summed E-state index contributed by atoms with van der Waals surface area (Å²) in [6, 6.07) is 8.50. The highest BCUT2D eigenvalue weighted by atomic mass is 127. The topological polar surface area (TPSA) is 148 Å². The number of nitrogens with one attached hydrogen (secondary N) is 1. The number of aliphatic carboxylic acids is 1. The second kappa shape index (κ2) is 9.64. The van der Waals surface area contributed by atoms with Crippen molar-refractivity contribution >= 4 is 52.3 Å². The Hall–Kier alpha value is -3.68. The first kappa shape index (κ1) is 23.0. The number of carbonyl (C=O) groups excluding carboxylic acids is 2. The van der Waals surface area contributed by atoms with E-state index in [4.69, 9.17) is 14.6 Å². The van der Waals surface area contributed by atoms with Crippen molar-refractivity contribution in [3.8, 4) is 11.5 Å². The van der Waals surface area contributed by atoms with Gasteiger partial charge in [0.15, 0.2) is 11.5 Å². The van der Waals surface area contributed by atoms with Crippen molar-refractivity contribution in [2.24, 2.45) is 0 Å². The molecule has 0 aliphatic carbocycles. The maximum Gasteiger partial charge on any atom is 0.329 e. The maximum absolute atomic E-state index is 12.3. The van der Waals surface area contributed by atoms with E-state index in [2.05, 4.69) is 5.32 Å². The Kier molecular flexibility index (Phi) is 6.92. The van der Waals surface area contributed by atoms with Crippen LogP contribution in [0.1, 0.15) is 11.1 Å². The fourth-order valence-electron chi connectivity index (χ4n) is 2.90. The minimum atomic E-state index is -1.31. The Morgan fingerprint density at radius 3 is 2.72 bits per heavy atom. The summed E-state index contributed by atoms with van der Waals surface area (Å²) in [4.78, 5) is 46.0. The van der Waals surface area contributed by atoms with Crippen molar-refractivity contribution in [1.29, 1.82) is 0 Å². The van der Waals surface area contributed by atoms with E-state index in [1.807, 2.05) is 22.6 Å². The molecule has 1 fully saturated rings. The number of urea groups is 1. The van der Waals surface area contributed by atoms with E-state index in [1.54, 1.807) is 24.3 Å². The predicted octanol–water partition coefficient (Wildman–Crippen LogP) is 2.76. The molecule has 11 nitrogen and oxygen atoms in total. The zero-order chi connectivity index (χ0) is 23.4. The van der Waals surface area contributed by atoms with E-state index in [9.17, 15) is 24.5 Å². The Balaban J connectivity index is 1.82. The monoisotopic (exact) mass is 553 g/mol. The summed E-state index contributed by atoms with van der Waals surface area (Å²) in [5.74, 6) is -1.32. The lowest BCUT2D eigenvalue weighted by atomic mass is 10.1. The third-order valence-electron chi connectivity index (χ3n) is 4.32. The van der Waals surface area contributed by atoms with Gasteiger partial charge >= 0.3 is 12.0 Å². The van der Waals surface area contributed by atoms with Crippen LogP contribution in [0.4, 0.5) is 10.5 Å². The van der Waals surface area contributed by atoms with Gasteiger partial charge in [-0.15, -0.1) is 0 Å². The third-order valence-corrected chi connectivity index (χ3v) is 5.12. The van der Waals surface area contributed by atoms with Crippen molar-refractivity contribution in [1.82, 2.24) is 10.2 Å². The van der Waals surface area contributed by atoms with Crippen molar-refractivity contribution in [2.75, 3.05) is 13.7 Å². The van der Waals surface area contributed by atoms with Gasteiger partial charge in [0.05, 0.1) is 15.6 Å². The first-order valence-electron chi connectivity index (χ1n) is 8.99. The summed E-state index contributed by atoms with van der Waals surface area (Å²) in [5.41, 5.74) is 0.991. The lowest BCUT2D eigenvalue weighted by Crippen LogP contribution is -2.35. The molecule has 1 saturated heterocycles. The number of halogens is 1. The Morgan fingerprint density at radius 2 is 2.06 bits per heavy atom. The van der Waals surface area contributed by atoms with E-state index >= 15 is 0 Å². The van der Waals surface area contributed by atoms with Crippen LogP contribution < -0.4 is 14.8 Å². The molecule has 12 heteroatoms. The molecule has 0 atom stereocenters. The lowest BCUT2D eigenvalue weighted by molar-refractivity contribution is -0.384. The summed E-state index contributed by atoms with van der Waals surface area (Å²) in [6.45, 7) is -0.680. The number of benzene rings is 2. The molecule has 2 aromatic carbocycles. The first-order valence-corrected chi connectivity index (χ1v) is 10.1. The van der Waals surface area contributed by atoms with Crippen LogP contribution in [-0.4, -0.2) is 46.5 Å². The fraction of sp³-hybridized carbons (Fsp3) is 0.150. The van der Waals surface area contributed by atoms with Gasteiger partial charge in [0.2, 0.25) is 0 Å². The predicted molar refractivity (Wildman–Crippen MR) is 119 cm³/mol. The number of methoxy groups -OCH3 is 1. The van der Waals surface area contributed by atoms with Gasteiger partial charge in [0.1, 0.15) is 18.8 Å². The third kappa shape index (κ3) is 5.14. The summed E-state index contributed by atoms with van der Waals surface area (Å²) in [6.07, 6.45) is 1.40. The molecule has 166 valence electrons. The van der Waals surface area contributed by atoms with Gasteiger partial charge in [-0.2, -0.15) is 0 Å². The number of carbonyl (C=O) groups is 3. The lowest BCUT2D eigenvalue weighted by Gasteiger charge is -2.14. The Morgan fingerprint density at radius 1 is 1.31 bits per heavy atom. The van der Waals surface area contributed by atoms with Gasteiger partial charge in [0, 0.05) is 12.1 Å². The second-order valence-corrected chi connectivity index (χ2v) is 7.69. The fourth-order valence-corrected chi connectivity index (χ4v) is 3.68. The molecular weight excluding hydrogens is 537 g/mol. The van der Waals surface area contributed by atoms with Gasteiger partial charge in [-0.05, 0) is 51.9 Å². The molecule has 1 aliphatic rings. The van der Waals surface area contributed by atoms with E-state index in [0.717, 1.165) is 0 Å². The zero-order valence-corrected chi connectivity index (χ0v) is 18.7. The zero-order valence-electron chi connectivity index (χ0n) is 16.5. The summed E-state index contributed by atoms with van der Waals surface area (Å²) in [5, 5.41) is 22.1. The number of carboxylic acids is 1. The summed E-state index contributed by atoms with van der Waals surface area (Å²) < 4.78 is 11.8. The minimum Gasteiger partial charge on any atom is -0.493 e. The van der Waals surface area contributed by atoms with Crippen LogP contribution >= 0.6 is 22.6 Å². The molecule has 3 amide bonds. The van der Waals surface area contributed by atoms with E-state index < -0.39 is 29.4 Å². The highest BCUT2D eigenvalue weighted by Crippen LogP contribution is 2.35. The van der Waals surface area contributed by atoms with E-state index in [1.165, 1.54) is 25.3 Å². The van der Waals surface area contributed by atoms with Crippen LogP contribution in [-0.2, 0) is 16.2 Å². The second-order valence-electron chi connectivity index (χ2n) is 6.52. The molecule has 0 spiro atoms. The molecule has 0 aromatic heterocycles. The number of nitro groups is 1. The van der Waals surface area contributed by atoms with Gasteiger partial charge < -0.3 is 19.9 Å². The molecule has 1 aliphatic heterocycles. The largest absolute Gasteiger partial charge is 0.493 e. The Bertz CT molecular complexity index is 1150. The van der Waals surface area contributed by atoms with Crippen LogP contribution in [0.3, 0.4) is 0 Å². The maximum atomic E-state index is 12.3. The quantitative estimate of drug-likeness (QED) is 0.167. The van der Waals surface area contributed by atoms with Gasteiger partial charge in [-0.25, -0.2) is 9.69 Å². The number of hydrogen-bond acceptors (Lipinski definition) is 7. The number of ether oxygens (including phenoxy) is 2. The molecule has 0 radical (unpaired) electrons. The van der Waals surface area contributed by atoms with E-state index in [0.29, 0.717) is 31.1 Å². The number of nitrogens with zero attached hydrogens (tertiary/aromatic N) is 2. The molecule has 0 unspecified atom stereocenters. The number of hydrogen-bond donors (Lipinski definition) is 2.